The van der Waals surface area contributed by atoms with Gasteiger partial charge >= 0.3 is 5.97 Å². The van der Waals surface area contributed by atoms with Crippen molar-refractivity contribution in [3.8, 4) is 34.1 Å². The van der Waals surface area contributed by atoms with E-state index in [-0.39, 0.29) is 19.4 Å². The average Bonchev–Trinajstić information content (AvgIpc) is 3.31. The molecule has 7 nitrogen and oxygen atoms in total. The molecular formula is C20H15NO6. The summed E-state index contributed by atoms with van der Waals surface area (Å²) in [7, 11) is 3.17. The van der Waals surface area contributed by atoms with Crippen molar-refractivity contribution in [3.63, 3.8) is 0 Å². The molecule has 0 aliphatic carbocycles. The van der Waals surface area contributed by atoms with Gasteiger partial charge in [0.15, 0.2) is 11.5 Å². The molecule has 0 N–H and O–H groups in total. The van der Waals surface area contributed by atoms with E-state index in [2.05, 4.69) is 4.98 Å². The number of benzene rings is 2. The Bertz CT molecular complexity index is 1110. The number of esters is 1. The SMILES string of the molecule is COc1ccc2c(-c3cc(OC)c4c(c3)OCO4)c3c(nc2c1)COC3=O. The molecule has 0 amide bonds. The Labute approximate surface area is 154 Å². The van der Waals surface area contributed by atoms with Gasteiger partial charge in [-0.15, -0.1) is 0 Å². The van der Waals surface area contributed by atoms with Crippen LogP contribution in [0.25, 0.3) is 22.0 Å². The standard InChI is InChI=1S/C20H15NO6/c1-23-11-3-4-12-13(7-11)21-14-8-25-20(22)18(14)17(12)10-5-15(24-2)19-16(6-10)26-9-27-19/h3-7H,8-9H2,1-2H3. The van der Waals surface area contributed by atoms with Gasteiger partial charge in [-0.1, -0.05) is 0 Å². The Morgan fingerprint density at radius 3 is 2.70 bits per heavy atom. The third-order valence-corrected chi connectivity index (χ3v) is 4.76. The Balaban J connectivity index is 1.85. The molecule has 27 heavy (non-hydrogen) atoms. The number of nitrogens with zero attached hydrogens (tertiary/aromatic N) is 1. The summed E-state index contributed by atoms with van der Waals surface area (Å²) < 4.78 is 27.0. The molecule has 0 atom stereocenters. The molecule has 136 valence electrons. The molecule has 2 aliphatic heterocycles. The highest BCUT2D eigenvalue weighted by Gasteiger charge is 2.31. The van der Waals surface area contributed by atoms with Crippen LogP contribution in [0.15, 0.2) is 30.3 Å². The first kappa shape index (κ1) is 15.7. The highest BCUT2D eigenvalue weighted by Crippen LogP contribution is 2.47. The van der Waals surface area contributed by atoms with Gasteiger partial charge in [0, 0.05) is 17.0 Å². The number of hydrogen-bond donors (Lipinski definition) is 0. The van der Waals surface area contributed by atoms with E-state index in [1.165, 1.54) is 0 Å². The lowest BCUT2D eigenvalue weighted by Crippen LogP contribution is -2.01. The van der Waals surface area contributed by atoms with E-state index in [0.717, 1.165) is 22.0 Å². The number of carbonyl (C=O) groups excluding carboxylic acids is 1. The van der Waals surface area contributed by atoms with E-state index < -0.39 is 0 Å². The molecule has 0 radical (unpaired) electrons. The number of aromatic nitrogens is 1. The van der Waals surface area contributed by atoms with Crippen LogP contribution in [-0.2, 0) is 11.3 Å². The Morgan fingerprint density at radius 2 is 1.89 bits per heavy atom. The maximum Gasteiger partial charge on any atom is 0.341 e. The highest BCUT2D eigenvalue weighted by atomic mass is 16.7. The minimum Gasteiger partial charge on any atom is -0.497 e. The van der Waals surface area contributed by atoms with Crippen LogP contribution in [-0.4, -0.2) is 32.0 Å². The van der Waals surface area contributed by atoms with Crippen LogP contribution in [0.4, 0.5) is 0 Å². The van der Waals surface area contributed by atoms with Gasteiger partial charge in [-0.25, -0.2) is 9.78 Å². The molecule has 0 spiro atoms. The van der Waals surface area contributed by atoms with Crippen molar-refractivity contribution >= 4 is 16.9 Å². The van der Waals surface area contributed by atoms with Crippen LogP contribution in [0.2, 0.25) is 0 Å². The first-order valence-electron chi connectivity index (χ1n) is 8.35. The number of methoxy groups -OCH3 is 2. The van der Waals surface area contributed by atoms with E-state index in [1.807, 2.05) is 30.3 Å². The zero-order valence-electron chi connectivity index (χ0n) is 14.7. The smallest absolute Gasteiger partial charge is 0.341 e. The van der Waals surface area contributed by atoms with Crippen molar-refractivity contribution in [2.45, 2.75) is 6.61 Å². The van der Waals surface area contributed by atoms with Crippen molar-refractivity contribution in [3.05, 3.63) is 41.6 Å². The molecule has 0 saturated carbocycles. The predicted octanol–water partition coefficient (Wildman–Crippen LogP) is 3.32. The van der Waals surface area contributed by atoms with Crippen molar-refractivity contribution < 1.29 is 28.5 Å². The van der Waals surface area contributed by atoms with Crippen molar-refractivity contribution in [1.29, 1.82) is 0 Å². The monoisotopic (exact) mass is 365 g/mol. The van der Waals surface area contributed by atoms with Crippen LogP contribution in [0, 0.1) is 0 Å². The normalized spacial score (nSPS) is 14.2. The first-order chi connectivity index (χ1) is 13.2. The number of pyridine rings is 1. The maximum absolute atomic E-state index is 12.4. The molecule has 3 aromatic rings. The third kappa shape index (κ3) is 2.28. The molecule has 3 heterocycles. The van der Waals surface area contributed by atoms with Crippen LogP contribution < -0.4 is 18.9 Å². The number of ether oxygens (including phenoxy) is 5. The van der Waals surface area contributed by atoms with Crippen LogP contribution in [0.3, 0.4) is 0 Å². The van der Waals surface area contributed by atoms with Gasteiger partial charge in [-0.05, 0) is 29.8 Å². The highest BCUT2D eigenvalue weighted by molar-refractivity contribution is 6.09. The second kappa shape index (κ2) is 5.77. The minimum absolute atomic E-state index is 0.129. The first-order valence-corrected chi connectivity index (χ1v) is 8.35. The minimum atomic E-state index is -0.387. The maximum atomic E-state index is 12.4. The van der Waals surface area contributed by atoms with E-state index in [1.54, 1.807) is 14.2 Å². The molecule has 2 aromatic carbocycles. The third-order valence-electron chi connectivity index (χ3n) is 4.76. The molecule has 0 bridgehead atoms. The average molecular weight is 365 g/mol. The topological polar surface area (TPSA) is 76.1 Å². The lowest BCUT2D eigenvalue weighted by Gasteiger charge is -2.13. The zero-order valence-corrected chi connectivity index (χ0v) is 14.7. The van der Waals surface area contributed by atoms with E-state index in [0.29, 0.717) is 34.3 Å². The van der Waals surface area contributed by atoms with E-state index in [9.17, 15) is 4.79 Å². The van der Waals surface area contributed by atoms with Gasteiger partial charge in [0.05, 0.1) is 31.0 Å². The van der Waals surface area contributed by atoms with E-state index in [4.69, 9.17) is 23.7 Å². The lowest BCUT2D eigenvalue weighted by atomic mass is 9.94. The predicted molar refractivity (Wildman–Crippen MR) is 95.5 cm³/mol. The van der Waals surface area contributed by atoms with Gasteiger partial charge in [0.1, 0.15) is 12.4 Å². The van der Waals surface area contributed by atoms with Gasteiger partial charge < -0.3 is 23.7 Å². The number of rotatable bonds is 3. The summed E-state index contributed by atoms with van der Waals surface area (Å²) >= 11 is 0. The second-order valence-corrected chi connectivity index (χ2v) is 6.18. The molecule has 0 saturated heterocycles. The molecule has 5 rings (SSSR count). The summed E-state index contributed by atoms with van der Waals surface area (Å²) in [5.74, 6) is 1.97. The summed E-state index contributed by atoms with van der Waals surface area (Å²) in [6, 6.07) is 9.24. The quantitative estimate of drug-likeness (QED) is 0.659. The van der Waals surface area contributed by atoms with Crippen molar-refractivity contribution in [2.24, 2.45) is 0 Å². The number of carbonyl (C=O) groups is 1. The molecule has 2 aliphatic rings. The summed E-state index contributed by atoms with van der Waals surface area (Å²) in [4.78, 5) is 17.0. The molecule has 0 fully saturated rings. The largest absolute Gasteiger partial charge is 0.497 e. The summed E-state index contributed by atoms with van der Waals surface area (Å²) in [5.41, 5.74) is 3.29. The fourth-order valence-electron chi connectivity index (χ4n) is 3.53. The molecule has 0 unspecified atom stereocenters. The summed E-state index contributed by atoms with van der Waals surface area (Å²) in [5, 5.41) is 0.814. The summed E-state index contributed by atoms with van der Waals surface area (Å²) in [6.45, 7) is 0.277. The van der Waals surface area contributed by atoms with Gasteiger partial charge in [-0.2, -0.15) is 0 Å². The Morgan fingerprint density at radius 1 is 1.00 bits per heavy atom. The van der Waals surface area contributed by atoms with Gasteiger partial charge in [0.25, 0.3) is 0 Å². The van der Waals surface area contributed by atoms with Crippen LogP contribution >= 0.6 is 0 Å². The Hall–Kier alpha value is -3.48. The molecular weight excluding hydrogens is 350 g/mol. The summed E-state index contributed by atoms with van der Waals surface area (Å²) in [6.07, 6.45) is 0. The van der Waals surface area contributed by atoms with Crippen molar-refractivity contribution in [1.82, 2.24) is 4.98 Å². The van der Waals surface area contributed by atoms with Crippen LogP contribution in [0.1, 0.15) is 16.1 Å². The fraction of sp³-hybridized carbons (Fsp3) is 0.200. The Kier molecular flexibility index (Phi) is 3.36. The van der Waals surface area contributed by atoms with Gasteiger partial charge in [0.2, 0.25) is 12.5 Å². The van der Waals surface area contributed by atoms with E-state index >= 15 is 0 Å². The second-order valence-electron chi connectivity index (χ2n) is 6.18. The van der Waals surface area contributed by atoms with Crippen molar-refractivity contribution in [2.75, 3.05) is 21.0 Å². The lowest BCUT2D eigenvalue weighted by molar-refractivity contribution is 0.0534. The number of hydrogen-bond acceptors (Lipinski definition) is 7. The molecule has 1 aromatic heterocycles. The number of cyclic esters (lactones) is 1. The number of fused-ring (bicyclic) bond motifs is 3. The van der Waals surface area contributed by atoms with Crippen LogP contribution in [0.5, 0.6) is 23.0 Å². The zero-order chi connectivity index (χ0) is 18.5. The molecule has 7 heteroatoms. The fourth-order valence-corrected chi connectivity index (χ4v) is 3.53. The van der Waals surface area contributed by atoms with Gasteiger partial charge in [-0.3, -0.25) is 0 Å².